The maximum absolute atomic E-state index is 7.32. The van der Waals surface area contributed by atoms with Crippen LogP contribution in [0.3, 0.4) is 0 Å². The van der Waals surface area contributed by atoms with Gasteiger partial charge in [-0.15, -0.1) is 0 Å². The Morgan fingerprint density at radius 3 is 2.83 bits per heavy atom. The summed E-state index contributed by atoms with van der Waals surface area (Å²) in [7, 11) is 4.06. The molecule has 0 amide bonds. The van der Waals surface area contributed by atoms with E-state index in [1.807, 2.05) is 14.1 Å². The third-order valence-corrected chi connectivity index (χ3v) is 7.29. The molecule has 3 heterocycles. The van der Waals surface area contributed by atoms with Gasteiger partial charge < -0.3 is 24.1 Å². The number of piperidine rings is 1. The van der Waals surface area contributed by atoms with Gasteiger partial charge in [-0.25, -0.2) is 6.57 Å². The molecule has 2 aliphatic rings. The fourth-order valence-corrected chi connectivity index (χ4v) is 5.44. The van der Waals surface area contributed by atoms with Crippen molar-refractivity contribution in [2.75, 3.05) is 51.8 Å². The van der Waals surface area contributed by atoms with Crippen molar-refractivity contribution >= 4 is 16.6 Å². The summed E-state index contributed by atoms with van der Waals surface area (Å²) in [5.41, 5.74) is 4.54. The van der Waals surface area contributed by atoms with Crippen LogP contribution in [0.15, 0.2) is 36.4 Å². The van der Waals surface area contributed by atoms with E-state index >= 15 is 0 Å². The summed E-state index contributed by atoms with van der Waals surface area (Å²) in [5.74, 6) is 1.29. The highest BCUT2D eigenvalue weighted by atomic mass is 16.5. The second kappa shape index (κ2) is 10.8. The van der Waals surface area contributed by atoms with Crippen molar-refractivity contribution in [3.63, 3.8) is 0 Å². The maximum Gasteiger partial charge on any atom is 0.318 e. The van der Waals surface area contributed by atoms with Crippen LogP contribution in [-0.4, -0.2) is 61.7 Å². The Kier molecular flexibility index (Phi) is 7.35. The van der Waals surface area contributed by atoms with Gasteiger partial charge in [0.15, 0.2) is 0 Å². The zero-order valence-electron chi connectivity index (χ0n) is 21.5. The molecule has 7 nitrogen and oxygen atoms in total. The number of fused-ring (bicyclic) bond motifs is 2. The Morgan fingerprint density at radius 1 is 1.19 bits per heavy atom. The maximum atomic E-state index is 7.32. The van der Waals surface area contributed by atoms with Gasteiger partial charge in [-0.1, -0.05) is 36.4 Å². The first kappa shape index (κ1) is 24.5. The second-order valence-electron chi connectivity index (χ2n) is 10.2. The predicted molar refractivity (Wildman–Crippen MR) is 142 cm³/mol. The van der Waals surface area contributed by atoms with Crippen LogP contribution in [0.25, 0.3) is 15.6 Å². The number of hydrogen-bond acceptors (Lipinski definition) is 6. The first-order valence-electron chi connectivity index (χ1n) is 12.9. The van der Waals surface area contributed by atoms with Crippen LogP contribution in [0.5, 0.6) is 6.01 Å². The number of nitrogens with zero attached hydrogens (tertiary/aromatic N) is 5. The van der Waals surface area contributed by atoms with Crippen LogP contribution >= 0.6 is 0 Å². The number of benzene rings is 2. The lowest BCUT2D eigenvalue weighted by Gasteiger charge is -2.35. The van der Waals surface area contributed by atoms with E-state index in [0.29, 0.717) is 38.1 Å². The van der Waals surface area contributed by atoms with Crippen LogP contribution in [0.2, 0.25) is 0 Å². The molecule has 36 heavy (non-hydrogen) atoms. The molecule has 7 heteroatoms. The number of anilines is 1. The molecule has 5 rings (SSSR count). The van der Waals surface area contributed by atoms with Gasteiger partial charge >= 0.3 is 6.01 Å². The van der Waals surface area contributed by atoms with Gasteiger partial charge in [-0.05, 0) is 55.8 Å². The van der Waals surface area contributed by atoms with Gasteiger partial charge in [0.05, 0.1) is 18.4 Å². The Labute approximate surface area is 213 Å². The third kappa shape index (κ3) is 5.16. The van der Waals surface area contributed by atoms with Crippen molar-refractivity contribution in [2.45, 2.75) is 38.9 Å². The molecule has 0 saturated carbocycles. The van der Waals surface area contributed by atoms with E-state index in [2.05, 4.69) is 58.0 Å². The Bertz CT molecular complexity index is 1260. The van der Waals surface area contributed by atoms with Gasteiger partial charge in [0, 0.05) is 37.5 Å². The molecule has 0 bridgehead atoms. The fraction of sp³-hybridized carbons (Fsp3) is 0.483. The highest BCUT2D eigenvalue weighted by molar-refractivity contribution is 5.89. The molecule has 1 fully saturated rings. The lowest BCUT2D eigenvalue weighted by atomic mass is 9.92. The minimum Gasteiger partial charge on any atom is -0.462 e. The summed E-state index contributed by atoms with van der Waals surface area (Å²) in [4.78, 5) is 17.8. The molecule has 0 spiro atoms. The van der Waals surface area contributed by atoms with Crippen molar-refractivity contribution in [2.24, 2.45) is 5.92 Å². The number of aryl methyl sites for hydroxylation is 1. The molecule has 2 aromatic carbocycles. The van der Waals surface area contributed by atoms with Gasteiger partial charge in [-0.2, -0.15) is 9.97 Å². The summed E-state index contributed by atoms with van der Waals surface area (Å²) in [6, 6.07) is 13.3. The van der Waals surface area contributed by atoms with Crippen molar-refractivity contribution in [1.82, 2.24) is 14.9 Å². The van der Waals surface area contributed by atoms with Gasteiger partial charge in [0.2, 0.25) is 6.54 Å². The quantitative estimate of drug-likeness (QED) is 0.447. The van der Waals surface area contributed by atoms with Crippen LogP contribution in [0, 0.1) is 19.4 Å². The summed E-state index contributed by atoms with van der Waals surface area (Å²) in [6.07, 6.45) is 2.77. The zero-order chi connectivity index (χ0) is 25.1. The second-order valence-corrected chi connectivity index (χ2v) is 10.2. The highest BCUT2D eigenvalue weighted by Gasteiger charge is 2.31. The van der Waals surface area contributed by atoms with Crippen molar-refractivity contribution in [1.29, 1.82) is 0 Å². The molecule has 2 aliphatic heterocycles. The van der Waals surface area contributed by atoms with E-state index in [-0.39, 0.29) is 6.10 Å². The molecule has 1 saturated heterocycles. The smallest absolute Gasteiger partial charge is 0.318 e. The Hall–Kier alpha value is -3.21. The lowest BCUT2D eigenvalue weighted by molar-refractivity contribution is 0.0265. The van der Waals surface area contributed by atoms with Gasteiger partial charge in [0.1, 0.15) is 12.4 Å². The van der Waals surface area contributed by atoms with Crippen LogP contribution in [0.1, 0.15) is 41.3 Å². The summed E-state index contributed by atoms with van der Waals surface area (Å²) >= 11 is 0. The molecular weight excluding hydrogens is 450 g/mol. The van der Waals surface area contributed by atoms with Gasteiger partial charge in [0.25, 0.3) is 0 Å². The molecular formula is C29H35N5O2. The van der Waals surface area contributed by atoms with E-state index in [1.165, 1.54) is 21.9 Å². The Balaban J connectivity index is 1.49. The Morgan fingerprint density at radius 2 is 2.03 bits per heavy atom. The number of aromatic nitrogens is 2. The number of likely N-dealkylation sites (N-methyl/N-ethyl adjacent to an activating group) is 1. The van der Waals surface area contributed by atoms with Gasteiger partial charge in [-0.3, -0.25) is 0 Å². The fourth-order valence-electron chi connectivity index (χ4n) is 5.44. The van der Waals surface area contributed by atoms with Crippen molar-refractivity contribution in [3.8, 4) is 6.01 Å². The van der Waals surface area contributed by atoms with E-state index in [0.717, 1.165) is 49.6 Å². The number of hydrogen-bond donors (Lipinski definition) is 0. The van der Waals surface area contributed by atoms with E-state index < -0.39 is 0 Å². The third-order valence-electron chi connectivity index (χ3n) is 7.29. The number of rotatable bonds is 7. The van der Waals surface area contributed by atoms with E-state index in [9.17, 15) is 0 Å². The summed E-state index contributed by atoms with van der Waals surface area (Å²) in [6.45, 7) is 13.6. The SMILES string of the molecule is [C-]#[N+]C[C@@H]1CCCN(c2nc(OCCN(C)C)nc3c2COC(c2cccc4cccc(C)c24)C3)C1. The van der Waals surface area contributed by atoms with Crippen molar-refractivity contribution in [3.05, 3.63) is 70.2 Å². The molecule has 2 atom stereocenters. The molecule has 188 valence electrons. The van der Waals surface area contributed by atoms with Crippen LogP contribution in [0.4, 0.5) is 5.82 Å². The first-order chi connectivity index (χ1) is 17.5. The average Bonchev–Trinajstić information content (AvgIpc) is 2.88. The average molecular weight is 486 g/mol. The largest absolute Gasteiger partial charge is 0.462 e. The molecule has 0 radical (unpaired) electrons. The highest BCUT2D eigenvalue weighted by Crippen LogP contribution is 2.38. The molecule has 1 aromatic heterocycles. The summed E-state index contributed by atoms with van der Waals surface area (Å²) in [5, 5.41) is 2.50. The predicted octanol–water partition coefficient (Wildman–Crippen LogP) is 4.83. The minimum absolute atomic E-state index is 0.0732. The summed E-state index contributed by atoms with van der Waals surface area (Å²) < 4.78 is 12.5. The van der Waals surface area contributed by atoms with E-state index in [4.69, 9.17) is 26.0 Å². The van der Waals surface area contributed by atoms with Crippen LogP contribution < -0.4 is 9.64 Å². The standard InChI is InChI=1S/C29H35N5O2/c1-20-8-5-10-22-11-6-12-23(27(20)22)26-16-25-24(19-36-26)28(32-29(31-25)35-15-14-33(3)4)34-13-7-9-21(18-34)17-30-2/h5-6,8,10-12,21,26H,7,9,13-19H2,1,3-4H3/t21-,26?/m0/s1. The molecule has 3 aromatic rings. The van der Waals surface area contributed by atoms with E-state index in [1.54, 1.807) is 0 Å². The van der Waals surface area contributed by atoms with Crippen molar-refractivity contribution < 1.29 is 9.47 Å². The minimum atomic E-state index is -0.0732. The zero-order valence-corrected chi connectivity index (χ0v) is 21.5. The van der Waals surface area contributed by atoms with Crippen LogP contribution in [-0.2, 0) is 17.8 Å². The molecule has 0 aliphatic carbocycles. The molecule has 1 unspecified atom stereocenters. The monoisotopic (exact) mass is 485 g/mol. The first-order valence-corrected chi connectivity index (χ1v) is 12.9. The molecule has 0 N–H and O–H groups in total. The topological polar surface area (TPSA) is 55.1 Å². The normalized spacial score (nSPS) is 19.8. The number of ether oxygens (including phenoxy) is 2. The lowest BCUT2D eigenvalue weighted by Crippen LogP contribution is -2.38.